The average molecular weight is 923 g/mol. The molecule has 0 radical (unpaired) electrons. The van der Waals surface area contributed by atoms with Crippen molar-refractivity contribution in [1.82, 2.24) is 0 Å². The normalized spacial score (nSPS) is 18.7. The van der Waals surface area contributed by atoms with E-state index in [1.807, 2.05) is 170 Å². The first-order valence-corrected chi connectivity index (χ1v) is 22.5. The molecule has 4 atom stereocenters. The average Bonchev–Trinajstić information content (AvgIpc) is 3.38. The van der Waals surface area contributed by atoms with Gasteiger partial charge in [-0.15, -0.1) is 0 Å². The predicted molar refractivity (Wildman–Crippen MR) is 257 cm³/mol. The Bertz CT molecular complexity index is 2530. The van der Waals surface area contributed by atoms with Gasteiger partial charge in [-0.25, -0.2) is 0 Å². The maximum absolute atomic E-state index is 13.9. The second-order valence-electron chi connectivity index (χ2n) is 16.3. The van der Waals surface area contributed by atoms with Crippen LogP contribution < -0.4 is 23.7 Å². The van der Waals surface area contributed by atoms with E-state index in [-0.39, 0.29) is 33.0 Å². The molecule has 8 rings (SSSR count). The predicted octanol–water partition coefficient (Wildman–Crippen LogP) is 10.8. The van der Waals surface area contributed by atoms with E-state index in [9.17, 15) is 5.11 Å². The summed E-state index contributed by atoms with van der Waals surface area (Å²) in [4.78, 5) is 0. The summed E-state index contributed by atoms with van der Waals surface area (Å²) in [7, 11) is 4.85. The van der Waals surface area contributed by atoms with Crippen LogP contribution in [-0.4, -0.2) is 63.6 Å². The van der Waals surface area contributed by atoms with Crippen molar-refractivity contribution in [2.24, 2.45) is 0 Å². The Labute approximate surface area is 397 Å². The summed E-state index contributed by atoms with van der Waals surface area (Å²) in [5, 5.41) is 14.4. The third-order valence-corrected chi connectivity index (χ3v) is 12.2. The molecule has 7 aromatic rings. The van der Waals surface area contributed by atoms with E-state index in [4.69, 9.17) is 54.2 Å². The van der Waals surface area contributed by atoms with Crippen LogP contribution in [-0.2, 0) is 51.0 Å². The standard InChI is InChI=1S/C56H55ClO10/c1-59-46-22-19-40(20-23-46)33-44-34-45(21-32-51(44)57)56(58)54(64-37-43-17-11-6-12-18-43)52(62-35-41-13-7-4-8-14-41)53(63-36-42-15-9-5-10-16-42)55(67-56,38-65-49-28-24-47(60-2)25-29-49)39-66-50-30-26-48(61-3)27-31-50/h4-32,34,52-54,58H,33,35-39H2,1-3H3/t52-,53-,54?,56?/m0/s1. The molecule has 346 valence electrons. The van der Waals surface area contributed by atoms with Crippen LogP contribution in [0.5, 0.6) is 28.7 Å². The minimum Gasteiger partial charge on any atom is -0.497 e. The summed E-state index contributed by atoms with van der Waals surface area (Å²) < 4.78 is 58.3. The van der Waals surface area contributed by atoms with Crippen LogP contribution in [0.4, 0.5) is 0 Å². The van der Waals surface area contributed by atoms with Crippen molar-refractivity contribution < 1.29 is 47.7 Å². The van der Waals surface area contributed by atoms with Gasteiger partial charge in [-0.05, 0) is 107 Å². The molecule has 1 aliphatic heterocycles. The van der Waals surface area contributed by atoms with Gasteiger partial charge in [0.2, 0.25) is 5.79 Å². The van der Waals surface area contributed by atoms with Crippen molar-refractivity contribution in [1.29, 1.82) is 0 Å². The van der Waals surface area contributed by atoms with Gasteiger partial charge in [-0.3, -0.25) is 0 Å². The van der Waals surface area contributed by atoms with Crippen LogP contribution in [0.15, 0.2) is 182 Å². The number of rotatable bonds is 21. The summed E-state index contributed by atoms with van der Waals surface area (Å²) in [5.41, 5.74) is 3.20. The molecule has 0 amide bonds. The van der Waals surface area contributed by atoms with E-state index in [1.54, 1.807) is 33.5 Å². The number of benzene rings is 7. The molecule has 0 spiro atoms. The fourth-order valence-electron chi connectivity index (χ4n) is 8.16. The molecule has 7 aromatic carbocycles. The first-order valence-electron chi connectivity index (χ1n) is 22.1. The monoisotopic (exact) mass is 922 g/mol. The summed E-state index contributed by atoms with van der Waals surface area (Å²) in [6.07, 6.45) is -2.78. The van der Waals surface area contributed by atoms with Crippen molar-refractivity contribution in [2.45, 2.75) is 55.9 Å². The minimum atomic E-state index is -2.24. The fraction of sp³-hybridized carbons (Fsp3) is 0.250. The molecule has 1 fully saturated rings. The molecule has 10 nitrogen and oxygen atoms in total. The molecule has 11 heteroatoms. The van der Waals surface area contributed by atoms with E-state index in [1.165, 1.54) is 0 Å². The Hall–Kier alpha value is -6.37. The molecule has 1 N–H and O–H groups in total. The third-order valence-electron chi connectivity index (χ3n) is 11.8. The van der Waals surface area contributed by atoms with Gasteiger partial charge in [0.25, 0.3) is 0 Å². The van der Waals surface area contributed by atoms with Crippen LogP contribution in [0.3, 0.4) is 0 Å². The first-order chi connectivity index (χ1) is 32.8. The van der Waals surface area contributed by atoms with Gasteiger partial charge >= 0.3 is 0 Å². The Morgan fingerprint density at radius 3 is 1.36 bits per heavy atom. The summed E-state index contributed by atoms with van der Waals surface area (Å²) in [6, 6.07) is 57.2. The molecular weight excluding hydrogens is 868 g/mol. The lowest BCUT2D eigenvalue weighted by Gasteiger charge is -2.55. The second-order valence-corrected chi connectivity index (χ2v) is 16.7. The maximum atomic E-state index is 13.9. The van der Waals surface area contributed by atoms with Crippen molar-refractivity contribution in [3.05, 3.63) is 220 Å². The van der Waals surface area contributed by atoms with E-state index >= 15 is 0 Å². The quantitative estimate of drug-likeness (QED) is 0.0749. The van der Waals surface area contributed by atoms with Gasteiger partial charge in [-0.1, -0.05) is 121 Å². The smallest absolute Gasteiger partial charge is 0.223 e. The minimum absolute atomic E-state index is 0.109. The van der Waals surface area contributed by atoms with Crippen LogP contribution in [0, 0.1) is 0 Å². The Balaban J connectivity index is 1.30. The molecule has 1 saturated heterocycles. The highest BCUT2D eigenvalue weighted by atomic mass is 35.5. The van der Waals surface area contributed by atoms with Crippen molar-refractivity contribution in [2.75, 3.05) is 34.5 Å². The van der Waals surface area contributed by atoms with E-state index in [0.29, 0.717) is 40.0 Å². The fourth-order valence-corrected chi connectivity index (χ4v) is 8.35. The molecule has 0 aromatic heterocycles. The molecule has 0 aliphatic carbocycles. The van der Waals surface area contributed by atoms with Crippen LogP contribution in [0.2, 0.25) is 5.02 Å². The van der Waals surface area contributed by atoms with Gasteiger partial charge in [-0.2, -0.15) is 0 Å². The van der Waals surface area contributed by atoms with Gasteiger partial charge < -0.3 is 47.7 Å². The largest absolute Gasteiger partial charge is 0.497 e. The highest BCUT2D eigenvalue weighted by Crippen LogP contribution is 2.47. The molecular formula is C56H55ClO10. The molecule has 1 aliphatic rings. The zero-order valence-electron chi connectivity index (χ0n) is 37.8. The van der Waals surface area contributed by atoms with Crippen molar-refractivity contribution in [3.8, 4) is 28.7 Å². The summed E-state index contributed by atoms with van der Waals surface area (Å²) in [6.45, 7) is 0.0812. The Morgan fingerprint density at radius 2 is 0.896 bits per heavy atom. The van der Waals surface area contributed by atoms with Gasteiger partial charge in [0.15, 0.2) is 5.60 Å². The van der Waals surface area contributed by atoms with Gasteiger partial charge in [0.1, 0.15) is 60.3 Å². The lowest BCUT2D eigenvalue weighted by Crippen LogP contribution is -2.73. The number of hydrogen-bond acceptors (Lipinski definition) is 10. The topological polar surface area (TPSA) is 103 Å². The number of halogens is 1. The number of ether oxygens (including phenoxy) is 9. The Kier molecular flexibility index (Phi) is 15.8. The van der Waals surface area contributed by atoms with Crippen LogP contribution in [0.1, 0.15) is 33.4 Å². The molecule has 0 saturated carbocycles. The first kappa shape index (κ1) is 47.1. The lowest BCUT2D eigenvalue weighted by atomic mass is 9.80. The van der Waals surface area contributed by atoms with E-state index in [0.717, 1.165) is 33.6 Å². The summed E-state index contributed by atoms with van der Waals surface area (Å²) in [5.74, 6) is 0.875. The highest BCUT2D eigenvalue weighted by molar-refractivity contribution is 6.31. The SMILES string of the molecule is COc1ccc(Cc2cc(C3(O)OC(COc4ccc(OC)cc4)(COc4ccc(OC)cc4)[C@@H](OCc4ccccc4)[C@H](OCc4ccccc4)C3OCc3ccccc3)ccc2Cl)cc1. The molecule has 0 bridgehead atoms. The molecule has 1 heterocycles. The number of aliphatic hydroxyl groups is 1. The number of hydrogen-bond donors (Lipinski definition) is 1. The molecule has 2 unspecified atom stereocenters. The van der Waals surface area contributed by atoms with Crippen LogP contribution >= 0.6 is 11.6 Å². The van der Waals surface area contributed by atoms with Crippen molar-refractivity contribution >= 4 is 11.6 Å². The zero-order chi connectivity index (χ0) is 46.5. The van der Waals surface area contributed by atoms with E-state index in [2.05, 4.69) is 0 Å². The van der Waals surface area contributed by atoms with Gasteiger partial charge in [0.05, 0.1) is 41.2 Å². The summed E-state index contributed by atoms with van der Waals surface area (Å²) >= 11 is 6.99. The highest BCUT2D eigenvalue weighted by Gasteiger charge is 2.64. The van der Waals surface area contributed by atoms with Gasteiger partial charge in [0, 0.05) is 10.6 Å². The zero-order valence-corrected chi connectivity index (χ0v) is 38.6. The maximum Gasteiger partial charge on any atom is 0.223 e. The Morgan fingerprint density at radius 1 is 0.478 bits per heavy atom. The van der Waals surface area contributed by atoms with Crippen LogP contribution in [0.25, 0.3) is 0 Å². The number of methoxy groups -OCH3 is 3. The van der Waals surface area contributed by atoms with Crippen molar-refractivity contribution in [3.63, 3.8) is 0 Å². The van der Waals surface area contributed by atoms with E-state index < -0.39 is 29.7 Å². The second kappa shape index (κ2) is 22.4. The third kappa shape index (κ3) is 11.8. The molecule has 67 heavy (non-hydrogen) atoms. The lowest BCUT2D eigenvalue weighted by molar-refractivity contribution is -0.409.